The highest BCUT2D eigenvalue weighted by atomic mass is 32.1. The predicted octanol–water partition coefficient (Wildman–Crippen LogP) is 2.20. The van der Waals surface area contributed by atoms with Gasteiger partial charge in [0.05, 0.1) is 6.20 Å². The zero-order valence-electron chi connectivity index (χ0n) is 13.5. The molecule has 7 heteroatoms. The van der Waals surface area contributed by atoms with Crippen molar-refractivity contribution in [2.45, 2.75) is 31.7 Å². The van der Waals surface area contributed by atoms with Crippen LogP contribution in [0.15, 0.2) is 24.7 Å². The van der Waals surface area contributed by atoms with Crippen LogP contribution in [0.1, 0.15) is 35.4 Å². The number of hydrogen-bond donors (Lipinski definition) is 1. The second kappa shape index (κ2) is 6.94. The maximum absolute atomic E-state index is 12.7. The smallest absolute Gasteiger partial charge is 0.265 e. The van der Waals surface area contributed by atoms with Crippen molar-refractivity contribution < 1.29 is 4.79 Å². The highest BCUT2D eigenvalue weighted by Crippen LogP contribution is 2.28. The molecule has 2 aromatic rings. The van der Waals surface area contributed by atoms with E-state index in [9.17, 15) is 4.79 Å². The summed E-state index contributed by atoms with van der Waals surface area (Å²) in [5.74, 6) is 1.56. The van der Waals surface area contributed by atoms with Crippen molar-refractivity contribution in [3.05, 3.63) is 29.5 Å². The minimum Gasteiger partial charge on any atom is -0.338 e. The van der Waals surface area contributed by atoms with Gasteiger partial charge in [-0.05, 0) is 44.2 Å². The minimum atomic E-state index is 0.0790. The Morgan fingerprint density at radius 2 is 1.92 bits per heavy atom. The summed E-state index contributed by atoms with van der Waals surface area (Å²) >= 11 is 1.37. The van der Waals surface area contributed by atoms with E-state index < -0.39 is 0 Å². The molecular weight excluding hydrogens is 322 g/mol. The van der Waals surface area contributed by atoms with Crippen LogP contribution in [0.4, 0.5) is 0 Å². The van der Waals surface area contributed by atoms with Gasteiger partial charge in [-0.3, -0.25) is 4.79 Å². The van der Waals surface area contributed by atoms with E-state index in [-0.39, 0.29) is 5.91 Å². The number of nitrogens with zero attached hydrogens (tertiary/aromatic N) is 4. The molecule has 0 atom stereocenters. The van der Waals surface area contributed by atoms with E-state index in [1.54, 1.807) is 24.7 Å². The van der Waals surface area contributed by atoms with Gasteiger partial charge in [0.2, 0.25) is 0 Å². The number of aromatic nitrogens is 3. The van der Waals surface area contributed by atoms with Gasteiger partial charge in [-0.1, -0.05) is 0 Å². The first-order chi connectivity index (χ1) is 11.8. The molecule has 2 aromatic heterocycles. The molecule has 0 radical (unpaired) electrons. The third-order valence-corrected chi connectivity index (χ3v) is 5.63. The third-order valence-electron chi connectivity index (χ3n) is 4.65. The summed E-state index contributed by atoms with van der Waals surface area (Å²) in [5.41, 5.74) is 0. The molecule has 24 heavy (non-hydrogen) atoms. The van der Waals surface area contributed by atoms with Crippen LogP contribution < -0.4 is 5.32 Å². The Balaban J connectivity index is 1.34. The van der Waals surface area contributed by atoms with Gasteiger partial charge in [0.25, 0.3) is 5.91 Å². The quantitative estimate of drug-likeness (QED) is 0.901. The van der Waals surface area contributed by atoms with Gasteiger partial charge < -0.3 is 10.2 Å². The molecule has 1 amide bonds. The molecule has 1 saturated heterocycles. The van der Waals surface area contributed by atoms with Crippen LogP contribution in [0.5, 0.6) is 0 Å². The lowest BCUT2D eigenvalue weighted by atomic mass is 10.0. The fraction of sp³-hybridized carbons (Fsp3) is 0.529. The first-order valence-electron chi connectivity index (χ1n) is 8.55. The number of amides is 1. The fourth-order valence-electron chi connectivity index (χ4n) is 2.98. The van der Waals surface area contributed by atoms with Gasteiger partial charge in [-0.2, -0.15) is 0 Å². The van der Waals surface area contributed by atoms with E-state index in [0.717, 1.165) is 38.4 Å². The van der Waals surface area contributed by atoms with Crippen LogP contribution in [0.25, 0.3) is 10.8 Å². The Kier molecular flexibility index (Phi) is 4.53. The molecule has 3 heterocycles. The summed E-state index contributed by atoms with van der Waals surface area (Å²) in [6, 6.07) is 2.33. The number of nitrogens with one attached hydrogen (secondary N) is 1. The first kappa shape index (κ1) is 15.7. The van der Waals surface area contributed by atoms with Gasteiger partial charge in [0.1, 0.15) is 4.88 Å². The third kappa shape index (κ3) is 3.62. The summed E-state index contributed by atoms with van der Waals surface area (Å²) in [4.78, 5) is 28.0. The van der Waals surface area contributed by atoms with Gasteiger partial charge in [0.15, 0.2) is 10.8 Å². The van der Waals surface area contributed by atoms with Gasteiger partial charge in [-0.15, -0.1) is 11.3 Å². The molecule has 0 aromatic carbocycles. The summed E-state index contributed by atoms with van der Waals surface area (Å²) in [6.07, 6.45) is 9.84. The Morgan fingerprint density at radius 3 is 2.62 bits per heavy atom. The molecule has 1 aliphatic carbocycles. The Morgan fingerprint density at radius 1 is 1.17 bits per heavy atom. The summed E-state index contributed by atoms with van der Waals surface area (Å²) in [5, 5.41) is 4.34. The average molecular weight is 343 g/mol. The molecule has 0 spiro atoms. The molecule has 4 rings (SSSR count). The molecule has 1 N–H and O–H groups in total. The van der Waals surface area contributed by atoms with E-state index in [1.165, 1.54) is 24.2 Å². The summed E-state index contributed by atoms with van der Waals surface area (Å²) in [7, 11) is 0. The topological polar surface area (TPSA) is 71.0 Å². The number of piperidine rings is 1. The number of carbonyl (C=O) groups is 1. The normalized spacial score (nSPS) is 18.8. The van der Waals surface area contributed by atoms with Crippen LogP contribution in [0.2, 0.25) is 0 Å². The average Bonchev–Trinajstić information content (AvgIpc) is 3.34. The van der Waals surface area contributed by atoms with Crippen molar-refractivity contribution in [1.29, 1.82) is 0 Å². The molecule has 2 fully saturated rings. The molecular formula is C17H21N5OS. The zero-order valence-corrected chi connectivity index (χ0v) is 14.3. The largest absolute Gasteiger partial charge is 0.338 e. The Bertz CT molecular complexity index is 692. The highest BCUT2D eigenvalue weighted by molar-refractivity contribution is 7.16. The Hall–Kier alpha value is -1.86. The molecule has 126 valence electrons. The first-order valence-corrected chi connectivity index (χ1v) is 9.37. The monoisotopic (exact) mass is 343 g/mol. The van der Waals surface area contributed by atoms with E-state index in [4.69, 9.17) is 0 Å². The number of likely N-dealkylation sites (tertiary alicyclic amines) is 1. The predicted molar refractivity (Wildman–Crippen MR) is 92.8 cm³/mol. The molecule has 1 saturated carbocycles. The lowest BCUT2D eigenvalue weighted by molar-refractivity contribution is 0.0709. The van der Waals surface area contributed by atoms with E-state index in [2.05, 4.69) is 20.3 Å². The van der Waals surface area contributed by atoms with Crippen LogP contribution in [-0.4, -0.2) is 51.4 Å². The second-order valence-corrected chi connectivity index (χ2v) is 7.55. The van der Waals surface area contributed by atoms with Crippen molar-refractivity contribution in [3.63, 3.8) is 0 Å². The van der Waals surface area contributed by atoms with E-state index >= 15 is 0 Å². The molecule has 0 bridgehead atoms. The van der Waals surface area contributed by atoms with E-state index in [0.29, 0.717) is 21.8 Å². The van der Waals surface area contributed by atoms with Gasteiger partial charge >= 0.3 is 0 Å². The minimum absolute atomic E-state index is 0.0790. The zero-order chi connectivity index (χ0) is 16.4. The molecule has 6 nitrogen and oxygen atoms in total. The fourth-order valence-corrected chi connectivity index (χ4v) is 3.82. The van der Waals surface area contributed by atoms with Crippen LogP contribution >= 0.6 is 11.3 Å². The SMILES string of the molecule is O=C(c1cnc(-c2ncccn2)s1)N1CCC(NCC2CC2)CC1. The number of thiazole rings is 1. The van der Waals surface area contributed by atoms with Crippen LogP contribution in [-0.2, 0) is 0 Å². The maximum Gasteiger partial charge on any atom is 0.265 e. The molecule has 0 unspecified atom stereocenters. The second-order valence-electron chi connectivity index (χ2n) is 6.52. The van der Waals surface area contributed by atoms with Crippen molar-refractivity contribution in [2.75, 3.05) is 19.6 Å². The van der Waals surface area contributed by atoms with Crippen molar-refractivity contribution in [2.24, 2.45) is 5.92 Å². The number of rotatable bonds is 5. The molecule has 1 aliphatic heterocycles. The van der Waals surface area contributed by atoms with Crippen molar-refractivity contribution >= 4 is 17.2 Å². The highest BCUT2D eigenvalue weighted by Gasteiger charge is 2.27. The summed E-state index contributed by atoms with van der Waals surface area (Å²) in [6.45, 7) is 2.78. The molecule has 2 aliphatic rings. The van der Waals surface area contributed by atoms with Crippen LogP contribution in [0.3, 0.4) is 0 Å². The van der Waals surface area contributed by atoms with Gasteiger partial charge in [-0.25, -0.2) is 15.0 Å². The standard InChI is InChI=1S/C17H21N5OS/c23-17(14-11-21-16(24-14)15-18-6-1-7-19-15)22-8-4-13(5-9-22)20-10-12-2-3-12/h1,6-7,11-13,20H,2-5,8-10H2. The van der Waals surface area contributed by atoms with Crippen molar-refractivity contribution in [1.82, 2.24) is 25.2 Å². The van der Waals surface area contributed by atoms with E-state index in [1.807, 2.05) is 4.90 Å². The van der Waals surface area contributed by atoms with Crippen LogP contribution in [0, 0.1) is 5.92 Å². The summed E-state index contributed by atoms with van der Waals surface area (Å²) < 4.78 is 0. The lowest BCUT2D eigenvalue weighted by Crippen LogP contribution is -2.45. The van der Waals surface area contributed by atoms with Gasteiger partial charge in [0, 0.05) is 31.5 Å². The lowest BCUT2D eigenvalue weighted by Gasteiger charge is -2.32. The maximum atomic E-state index is 12.7. The number of carbonyl (C=O) groups excluding carboxylic acids is 1. The van der Waals surface area contributed by atoms with Crippen molar-refractivity contribution in [3.8, 4) is 10.8 Å². The number of hydrogen-bond acceptors (Lipinski definition) is 6. The Labute approximate surface area is 145 Å².